The summed E-state index contributed by atoms with van der Waals surface area (Å²) in [6.45, 7) is 2.11. The minimum Gasteiger partial charge on any atom is -0.285 e. The van der Waals surface area contributed by atoms with E-state index in [1.54, 1.807) is 0 Å². The highest BCUT2D eigenvalue weighted by atomic mass is 79.9. The van der Waals surface area contributed by atoms with E-state index in [1.165, 1.54) is 0 Å². The van der Waals surface area contributed by atoms with Crippen LogP contribution in [0.2, 0.25) is 0 Å². The molecular formula is C6H10Br2O. The largest absolute Gasteiger partial charge is 0.285 e. The van der Waals surface area contributed by atoms with Crippen LogP contribution < -0.4 is 0 Å². The molecule has 0 aromatic heterocycles. The lowest BCUT2D eigenvalue weighted by Crippen LogP contribution is -2.05. The molecule has 0 rings (SSSR count). The van der Waals surface area contributed by atoms with Gasteiger partial charge in [-0.3, -0.25) is 4.79 Å². The van der Waals surface area contributed by atoms with Gasteiger partial charge in [0.15, 0.2) is 0 Å². The number of unbranched alkanes of at least 4 members (excludes halogenated alkanes) is 1. The Hall–Kier alpha value is 0.630. The Morgan fingerprint density at radius 1 is 1.67 bits per heavy atom. The molecule has 0 aliphatic rings. The van der Waals surface area contributed by atoms with Gasteiger partial charge in [-0.05, 0) is 22.4 Å². The first-order chi connectivity index (χ1) is 4.18. The first-order valence-corrected chi connectivity index (χ1v) is 4.72. The number of halogens is 2. The lowest BCUT2D eigenvalue weighted by Gasteiger charge is -2.00. The van der Waals surface area contributed by atoms with Crippen LogP contribution in [-0.2, 0) is 4.79 Å². The highest BCUT2D eigenvalue weighted by Crippen LogP contribution is 2.13. The molecular weight excluding hydrogens is 248 g/mol. The highest BCUT2D eigenvalue weighted by Gasteiger charge is 2.08. The molecule has 0 aromatic carbocycles. The van der Waals surface area contributed by atoms with Gasteiger partial charge in [0.2, 0.25) is 4.69 Å². The summed E-state index contributed by atoms with van der Waals surface area (Å²) in [5.41, 5.74) is 0. The van der Waals surface area contributed by atoms with Crippen molar-refractivity contribution in [3.8, 4) is 0 Å². The van der Waals surface area contributed by atoms with Crippen LogP contribution >= 0.6 is 31.9 Å². The van der Waals surface area contributed by atoms with Crippen molar-refractivity contribution in [3.63, 3.8) is 0 Å². The standard InChI is InChI=1S/C6H10Br2O/c1-2-3-4-5(7)6(8)9/h5H,2-4H2,1H3. The molecule has 0 bridgehead atoms. The minimum atomic E-state index is 0.0115. The Morgan fingerprint density at radius 3 is 2.56 bits per heavy atom. The molecule has 0 saturated carbocycles. The summed E-state index contributed by atoms with van der Waals surface area (Å²) in [6, 6.07) is 0. The van der Waals surface area contributed by atoms with E-state index < -0.39 is 0 Å². The van der Waals surface area contributed by atoms with Crippen LogP contribution in [0.25, 0.3) is 0 Å². The van der Waals surface area contributed by atoms with E-state index in [0.29, 0.717) is 0 Å². The third-order valence-electron chi connectivity index (χ3n) is 1.06. The van der Waals surface area contributed by atoms with E-state index in [1.807, 2.05) is 0 Å². The maximum Gasteiger partial charge on any atom is 0.211 e. The zero-order valence-electron chi connectivity index (χ0n) is 5.36. The smallest absolute Gasteiger partial charge is 0.211 e. The second kappa shape index (κ2) is 5.42. The van der Waals surface area contributed by atoms with Gasteiger partial charge >= 0.3 is 0 Å². The van der Waals surface area contributed by atoms with E-state index in [9.17, 15) is 4.79 Å². The molecule has 1 unspecified atom stereocenters. The number of hydrogen-bond acceptors (Lipinski definition) is 1. The zero-order chi connectivity index (χ0) is 7.28. The fourth-order valence-electron chi connectivity index (χ4n) is 0.497. The number of carbonyl (C=O) groups excluding carboxylic acids is 1. The second-order valence-electron chi connectivity index (χ2n) is 1.91. The Balaban J connectivity index is 3.27. The van der Waals surface area contributed by atoms with Crippen molar-refractivity contribution in [2.24, 2.45) is 0 Å². The summed E-state index contributed by atoms with van der Waals surface area (Å²) >= 11 is 6.13. The number of hydrogen-bond donors (Lipinski definition) is 0. The van der Waals surface area contributed by atoms with E-state index >= 15 is 0 Å². The van der Waals surface area contributed by atoms with Gasteiger partial charge in [-0.1, -0.05) is 35.7 Å². The molecule has 0 amide bonds. The van der Waals surface area contributed by atoms with Gasteiger partial charge in [0.25, 0.3) is 0 Å². The maximum atomic E-state index is 10.5. The molecule has 0 aliphatic heterocycles. The van der Waals surface area contributed by atoms with Crippen molar-refractivity contribution in [2.45, 2.75) is 31.0 Å². The van der Waals surface area contributed by atoms with Crippen molar-refractivity contribution in [1.29, 1.82) is 0 Å². The van der Waals surface area contributed by atoms with Crippen LogP contribution in [0.5, 0.6) is 0 Å². The summed E-state index contributed by atoms with van der Waals surface area (Å²) in [6.07, 6.45) is 3.18. The van der Waals surface area contributed by atoms with Crippen molar-refractivity contribution >= 4 is 36.6 Å². The summed E-state index contributed by atoms with van der Waals surface area (Å²) in [4.78, 5) is 10.5. The first kappa shape index (κ1) is 9.63. The number of rotatable bonds is 4. The summed E-state index contributed by atoms with van der Waals surface area (Å²) < 4.78 is 0.0518. The molecule has 0 spiro atoms. The molecule has 0 saturated heterocycles. The van der Waals surface area contributed by atoms with Gasteiger partial charge in [-0.25, -0.2) is 0 Å². The molecule has 0 aromatic rings. The third kappa shape index (κ3) is 5.09. The molecule has 0 fully saturated rings. The summed E-state index contributed by atoms with van der Waals surface area (Å²) in [5, 5.41) is 0. The Bertz CT molecular complexity index is 93.1. The van der Waals surface area contributed by atoms with E-state index in [-0.39, 0.29) is 9.52 Å². The van der Waals surface area contributed by atoms with Gasteiger partial charge in [0.1, 0.15) is 0 Å². The molecule has 3 heteroatoms. The third-order valence-corrected chi connectivity index (χ3v) is 3.10. The Labute approximate surface area is 72.5 Å². The van der Waals surface area contributed by atoms with Crippen molar-refractivity contribution in [2.75, 3.05) is 0 Å². The molecule has 0 aliphatic carbocycles. The fraction of sp³-hybridized carbons (Fsp3) is 0.833. The Kier molecular flexibility index (Phi) is 5.80. The monoisotopic (exact) mass is 256 g/mol. The average Bonchev–Trinajstić information content (AvgIpc) is 1.82. The SMILES string of the molecule is CCCCC(Br)C(=O)Br. The van der Waals surface area contributed by atoms with Crippen LogP contribution in [0.1, 0.15) is 26.2 Å². The molecule has 1 nitrogen and oxygen atoms in total. The highest BCUT2D eigenvalue weighted by molar-refractivity contribution is 9.20. The van der Waals surface area contributed by atoms with Crippen LogP contribution in [0.3, 0.4) is 0 Å². The zero-order valence-corrected chi connectivity index (χ0v) is 8.53. The predicted octanol–water partition coefficient (Wildman–Crippen LogP) is 2.86. The quantitative estimate of drug-likeness (QED) is 0.559. The Morgan fingerprint density at radius 2 is 2.22 bits per heavy atom. The molecule has 54 valence electrons. The van der Waals surface area contributed by atoms with Gasteiger partial charge in [-0.15, -0.1) is 0 Å². The predicted molar refractivity (Wildman–Crippen MR) is 46.2 cm³/mol. The normalized spacial score (nSPS) is 13.2. The van der Waals surface area contributed by atoms with Crippen molar-refractivity contribution in [3.05, 3.63) is 0 Å². The van der Waals surface area contributed by atoms with Gasteiger partial charge in [-0.2, -0.15) is 0 Å². The molecule has 0 radical (unpaired) electrons. The molecule has 0 heterocycles. The molecule has 1 atom stereocenters. The van der Waals surface area contributed by atoms with Crippen LogP contribution in [-0.4, -0.2) is 9.52 Å². The minimum absolute atomic E-state index is 0.0115. The number of alkyl halides is 1. The van der Waals surface area contributed by atoms with E-state index in [0.717, 1.165) is 19.3 Å². The van der Waals surface area contributed by atoms with E-state index in [4.69, 9.17) is 0 Å². The first-order valence-electron chi connectivity index (χ1n) is 3.02. The van der Waals surface area contributed by atoms with Crippen molar-refractivity contribution < 1.29 is 4.79 Å². The van der Waals surface area contributed by atoms with Crippen LogP contribution in [0.4, 0.5) is 0 Å². The van der Waals surface area contributed by atoms with Gasteiger partial charge in [0.05, 0.1) is 4.83 Å². The molecule has 0 N–H and O–H groups in total. The topological polar surface area (TPSA) is 17.1 Å². The summed E-state index contributed by atoms with van der Waals surface area (Å²) in [7, 11) is 0. The molecule has 9 heavy (non-hydrogen) atoms. The number of carbonyl (C=O) groups is 1. The second-order valence-corrected chi connectivity index (χ2v) is 3.80. The lowest BCUT2D eigenvalue weighted by molar-refractivity contribution is -0.109. The average molecular weight is 258 g/mol. The lowest BCUT2D eigenvalue weighted by atomic mass is 10.2. The van der Waals surface area contributed by atoms with E-state index in [2.05, 4.69) is 38.8 Å². The van der Waals surface area contributed by atoms with Gasteiger partial charge in [0, 0.05) is 0 Å². The van der Waals surface area contributed by atoms with Gasteiger partial charge < -0.3 is 0 Å². The fourth-order valence-corrected chi connectivity index (χ4v) is 1.05. The van der Waals surface area contributed by atoms with Crippen molar-refractivity contribution in [1.82, 2.24) is 0 Å². The summed E-state index contributed by atoms with van der Waals surface area (Å²) in [5.74, 6) is 0. The van der Waals surface area contributed by atoms with Crippen LogP contribution in [0.15, 0.2) is 0 Å². The maximum absolute atomic E-state index is 10.5. The van der Waals surface area contributed by atoms with Crippen LogP contribution in [0, 0.1) is 0 Å².